The molecule has 7 heteroatoms. The SMILES string of the molecule is COC1(COc2ccccc2)CCCN(C(=O)c2ccnc(NC(C)=O)c2)C1. The number of nitrogens with one attached hydrogen (secondary N) is 1. The number of anilines is 1. The van der Waals surface area contributed by atoms with Crippen LogP contribution in [0.3, 0.4) is 0 Å². The van der Waals surface area contributed by atoms with Crippen LogP contribution in [0.2, 0.25) is 0 Å². The van der Waals surface area contributed by atoms with E-state index >= 15 is 0 Å². The molecule has 28 heavy (non-hydrogen) atoms. The van der Waals surface area contributed by atoms with E-state index in [1.165, 1.54) is 13.1 Å². The zero-order chi connectivity index (χ0) is 20.0. The van der Waals surface area contributed by atoms with Crippen LogP contribution >= 0.6 is 0 Å². The fourth-order valence-electron chi connectivity index (χ4n) is 3.34. The molecule has 2 amide bonds. The minimum atomic E-state index is -0.558. The first-order valence-corrected chi connectivity index (χ1v) is 9.27. The third-order valence-corrected chi connectivity index (χ3v) is 4.82. The molecular weight excluding hydrogens is 358 g/mol. The van der Waals surface area contributed by atoms with Crippen LogP contribution in [0, 0.1) is 0 Å². The van der Waals surface area contributed by atoms with Crippen LogP contribution in [0.25, 0.3) is 0 Å². The normalized spacial score (nSPS) is 19.1. The third-order valence-electron chi connectivity index (χ3n) is 4.82. The molecule has 1 N–H and O–H groups in total. The fourth-order valence-corrected chi connectivity index (χ4v) is 3.34. The molecule has 0 aliphatic carbocycles. The summed E-state index contributed by atoms with van der Waals surface area (Å²) in [6.45, 7) is 2.85. The number of hydrogen-bond donors (Lipinski definition) is 1. The van der Waals surface area contributed by atoms with Gasteiger partial charge in [-0.2, -0.15) is 0 Å². The van der Waals surface area contributed by atoms with Gasteiger partial charge < -0.3 is 19.7 Å². The Labute approximate surface area is 164 Å². The van der Waals surface area contributed by atoms with Crippen LogP contribution in [0.4, 0.5) is 5.82 Å². The van der Waals surface area contributed by atoms with Crippen molar-refractivity contribution in [2.75, 3.05) is 32.1 Å². The Morgan fingerprint density at radius 1 is 1.25 bits per heavy atom. The lowest BCUT2D eigenvalue weighted by molar-refractivity contribution is -0.114. The standard InChI is InChI=1S/C21H25N3O4/c1-16(25)23-19-13-17(9-11-22-19)20(26)24-12-6-10-21(14-24,27-2)15-28-18-7-4-3-5-8-18/h3-5,7-9,11,13H,6,10,12,14-15H2,1-2H3,(H,22,23,25). The van der Waals surface area contributed by atoms with Crippen molar-refractivity contribution in [2.24, 2.45) is 0 Å². The van der Waals surface area contributed by atoms with Gasteiger partial charge in [-0.3, -0.25) is 9.59 Å². The van der Waals surface area contributed by atoms with Gasteiger partial charge in [0.15, 0.2) is 0 Å². The van der Waals surface area contributed by atoms with E-state index in [0.29, 0.717) is 31.1 Å². The van der Waals surface area contributed by atoms with Gasteiger partial charge in [-0.1, -0.05) is 18.2 Å². The number of rotatable bonds is 6. The molecule has 1 unspecified atom stereocenters. The van der Waals surface area contributed by atoms with Crippen LogP contribution < -0.4 is 10.1 Å². The second-order valence-electron chi connectivity index (χ2n) is 6.93. The largest absolute Gasteiger partial charge is 0.491 e. The molecule has 148 valence electrons. The number of aromatic nitrogens is 1. The number of pyridine rings is 1. The van der Waals surface area contributed by atoms with E-state index in [9.17, 15) is 9.59 Å². The molecule has 1 aromatic carbocycles. The summed E-state index contributed by atoms with van der Waals surface area (Å²) in [5.41, 5.74) is -0.0771. The number of carbonyl (C=O) groups excluding carboxylic acids is 2. The van der Waals surface area contributed by atoms with E-state index in [1.807, 2.05) is 30.3 Å². The molecule has 2 heterocycles. The highest BCUT2D eigenvalue weighted by molar-refractivity contribution is 5.96. The van der Waals surface area contributed by atoms with Gasteiger partial charge in [-0.05, 0) is 37.1 Å². The van der Waals surface area contributed by atoms with Crippen molar-refractivity contribution in [3.05, 3.63) is 54.2 Å². The summed E-state index contributed by atoms with van der Waals surface area (Å²) in [4.78, 5) is 30.1. The summed E-state index contributed by atoms with van der Waals surface area (Å²) < 4.78 is 11.7. The zero-order valence-electron chi connectivity index (χ0n) is 16.2. The quantitative estimate of drug-likeness (QED) is 0.830. The Bertz CT molecular complexity index is 827. The number of carbonyl (C=O) groups is 2. The van der Waals surface area contributed by atoms with Crippen molar-refractivity contribution in [3.8, 4) is 5.75 Å². The number of piperidine rings is 1. The smallest absolute Gasteiger partial charge is 0.254 e. The number of likely N-dealkylation sites (tertiary alicyclic amines) is 1. The summed E-state index contributed by atoms with van der Waals surface area (Å²) in [5, 5.41) is 2.60. The first-order chi connectivity index (χ1) is 13.5. The van der Waals surface area contributed by atoms with E-state index in [0.717, 1.165) is 18.6 Å². The number of benzene rings is 1. The van der Waals surface area contributed by atoms with Crippen LogP contribution in [-0.2, 0) is 9.53 Å². The van der Waals surface area contributed by atoms with Crippen LogP contribution in [-0.4, -0.2) is 54.1 Å². The summed E-state index contributed by atoms with van der Waals surface area (Å²) in [6, 6.07) is 12.8. The van der Waals surface area contributed by atoms with E-state index in [-0.39, 0.29) is 11.8 Å². The molecule has 0 saturated carbocycles. The van der Waals surface area contributed by atoms with Crippen molar-refractivity contribution >= 4 is 17.6 Å². The summed E-state index contributed by atoms with van der Waals surface area (Å²) in [7, 11) is 1.66. The van der Waals surface area contributed by atoms with Gasteiger partial charge in [0.05, 0.1) is 6.54 Å². The molecular formula is C21H25N3O4. The minimum Gasteiger partial charge on any atom is -0.491 e. The van der Waals surface area contributed by atoms with E-state index in [4.69, 9.17) is 9.47 Å². The second-order valence-corrected chi connectivity index (χ2v) is 6.93. The Hall–Kier alpha value is -2.93. The Kier molecular flexibility index (Phi) is 6.26. The summed E-state index contributed by atoms with van der Waals surface area (Å²) >= 11 is 0. The van der Waals surface area contributed by atoms with Gasteiger partial charge in [0.2, 0.25) is 5.91 Å². The molecule has 1 atom stereocenters. The van der Waals surface area contributed by atoms with Crippen LogP contribution in [0.15, 0.2) is 48.7 Å². The lowest BCUT2D eigenvalue weighted by Crippen LogP contribution is -2.54. The lowest BCUT2D eigenvalue weighted by atomic mass is 9.92. The van der Waals surface area contributed by atoms with Gasteiger partial charge in [-0.15, -0.1) is 0 Å². The highest BCUT2D eigenvalue weighted by atomic mass is 16.5. The van der Waals surface area contributed by atoms with E-state index < -0.39 is 5.60 Å². The van der Waals surface area contributed by atoms with Gasteiger partial charge in [0, 0.05) is 32.3 Å². The molecule has 1 aliphatic heterocycles. The van der Waals surface area contributed by atoms with Crippen LogP contribution in [0.1, 0.15) is 30.1 Å². The predicted molar refractivity (Wildman–Crippen MR) is 105 cm³/mol. The molecule has 0 radical (unpaired) electrons. The topological polar surface area (TPSA) is 80.8 Å². The number of para-hydroxylation sites is 1. The highest BCUT2D eigenvalue weighted by Gasteiger charge is 2.38. The fraction of sp³-hybridized carbons (Fsp3) is 0.381. The van der Waals surface area contributed by atoms with Crippen LogP contribution in [0.5, 0.6) is 5.75 Å². The molecule has 2 aromatic rings. The second kappa shape index (κ2) is 8.84. The molecule has 1 aromatic heterocycles. The monoisotopic (exact) mass is 383 g/mol. The Balaban J connectivity index is 1.70. The lowest BCUT2D eigenvalue weighted by Gasteiger charge is -2.41. The molecule has 1 fully saturated rings. The number of amides is 2. The maximum absolute atomic E-state index is 13.0. The maximum Gasteiger partial charge on any atom is 0.254 e. The van der Waals surface area contributed by atoms with Crippen molar-refractivity contribution in [1.29, 1.82) is 0 Å². The Morgan fingerprint density at radius 3 is 2.75 bits per heavy atom. The first-order valence-electron chi connectivity index (χ1n) is 9.27. The molecule has 1 aliphatic rings. The van der Waals surface area contributed by atoms with Crippen molar-refractivity contribution in [3.63, 3.8) is 0 Å². The maximum atomic E-state index is 13.0. The molecule has 1 saturated heterocycles. The highest BCUT2D eigenvalue weighted by Crippen LogP contribution is 2.27. The van der Waals surface area contributed by atoms with Gasteiger partial charge in [-0.25, -0.2) is 4.98 Å². The number of methoxy groups -OCH3 is 1. The summed E-state index contributed by atoms with van der Waals surface area (Å²) in [5.74, 6) is 0.790. The number of nitrogens with zero attached hydrogens (tertiary/aromatic N) is 2. The molecule has 3 rings (SSSR count). The average molecular weight is 383 g/mol. The van der Waals surface area contributed by atoms with Crippen molar-refractivity contribution < 1.29 is 19.1 Å². The third kappa shape index (κ3) is 4.86. The minimum absolute atomic E-state index is 0.116. The van der Waals surface area contributed by atoms with Crippen molar-refractivity contribution in [2.45, 2.75) is 25.4 Å². The molecule has 7 nitrogen and oxygen atoms in total. The van der Waals surface area contributed by atoms with Crippen molar-refractivity contribution in [1.82, 2.24) is 9.88 Å². The average Bonchev–Trinajstić information content (AvgIpc) is 2.72. The zero-order valence-corrected chi connectivity index (χ0v) is 16.2. The molecule has 0 bridgehead atoms. The molecule has 0 spiro atoms. The van der Waals surface area contributed by atoms with E-state index in [1.54, 1.807) is 24.1 Å². The van der Waals surface area contributed by atoms with E-state index in [2.05, 4.69) is 10.3 Å². The Morgan fingerprint density at radius 2 is 2.04 bits per heavy atom. The van der Waals surface area contributed by atoms with Gasteiger partial charge in [0.25, 0.3) is 5.91 Å². The number of hydrogen-bond acceptors (Lipinski definition) is 5. The summed E-state index contributed by atoms with van der Waals surface area (Å²) in [6.07, 6.45) is 3.15. The predicted octanol–water partition coefficient (Wildman–Crippen LogP) is 2.74. The first kappa shape index (κ1) is 19.8. The number of ether oxygens (including phenoxy) is 2. The van der Waals surface area contributed by atoms with Gasteiger partial charge >= 0.3 is 0 Å². The van der Waals surface area contributed by atoms with Gasteiger partial charge in [0.1, 0.15) is 23.8 Å².